The van der Waals surface area contributed by atoms with Crippen LogP contribution in [0.1, 0.15) is 23.1 Å². The maximum atomic E-state index is 13.1. The van der Waals surface area contributed by atoms with Crippen molar-refractivity contribution < 1.29 is 13.2 Å². The summed E-state index contributed by atoms with van der Waals surface area (Å²) in [5, 5.41) is 8.91. The third kappa shape index (κ3) is 4.53. The Morgan fingerprint density at radius 1 is 1.07 bits per heavy atom. The third-order valence-corrected chi connectivity index (χ3v) is 7.10. The second-order valence-corrected chi connectivity index (χ2v) is 8.88. The van der Waals surface area contributed by atoms with E-state index in [0.717, 1.165) is 25.1 Å². The van der Waals surface area contributed by atoms with Crippen LogP contribution in [0.25, 0.3) is 0 Å². The van der Waals surface area contributed by atoms with Crippen LogP contribution in [0, 0.1) is 18.3 Å². The summed E-state index contributed by atoms with van der Waals surface area (Å²) in [6.45, 7) is 5.04. The molecule has 0 spiro atoms. The average Bonchev–Trinajstić information content (AvgIpc) is 2.94. The lowest BCUT2D eigenvalue weighted by molar-refractivity contribution is 0.278. The zero-order chi connectivity index (χ0) is 20.1. The summed E-state index contributed by atoms with van der Waals surface area (Å²) < 4.78 is 33.0. The van der Waals surface area contributed by atoms with Crippen molar-refractivity contribution in [1.82, 2.24) is 9.21 Å². The van der Waals surface area contributed by atoms with Crippen molar-refractivity contribution in [3.63, 3.8) is 0 Å². The largest absolute Gasteiger partial charge is 0.497 e. The zero-order valence-electron chi connectivity index (χ0n) is 16.3. The fourth-order valence-corrected chi connectivity index (χ4v) is 5.14. The molecule has 3 rings (SSSR count). The Labute approximate surface area is 167 Å². The number of rotatable bonds is 5. The minimum absolute atomic E-state index is 0.342. The van der Waals surface area contributed by atoms with Crippen molar-refractivity contribution >= 4 is 10.0 Å². The van der Waals surface area contributed by atoms with E-state index in [2.05, 4.69) is 11.0 Å². The number of hydrogen-bond donors (Lipinski definition) is 0. The van der Waals surface area contributed by atoms with E-state index in [9.17, 15) is 8.42 Å². The third-order valence-electron chi connectivity index (χ3n) is 5.04. The van der Waals surface area contributed by atoms with Crippen molar-refractivity contribution in [2.45, 2.75) is 24.8 Å². The number of aryl methyl sites for hydroxylation is 1. The molecule has 0 aromatic heterocycles. The van der Waals surface area contributed by atoms with E-state index in [1.54, 1.807) is 36.5 Å². The first-order valence-electron chi connectivity index (χ1n) is 9.30. The van der Waals surface area contributed by atoms with E-state index < -0.39 is 10.0 Å². The molecular weight excluding hydrogens is 374 g/mol. The molecule has 1 aliphatic heterocycles. The predicted octanol–water partition coefficient (Wildman–Crippen LogP) is 2.77. The van der Waals surface area contributed by atoms with Gasteiger partial charge in [0.2, 0.25) is 10.0 Å². The molecule has 1 heterocycles. The SMILES string of the molecule is COc1ccc(S(=O)(=O)N2CCCN(Cc3ccc(C#N)cc3)CC2)c(C)c1. The monoisotopic (exact) mass is 399 g/mol. The van der Waals surface area contributed by atoms with Crippen molar-refractivity contribution in [3.05, 3.63) is 59.2 Å². The van der Waals surface area contributed by atoms with Crippen molar-refractivity contribution in [1.29, 1.82) is 5.26 Å². The number of nitriles is 1. The Hall–Kier alpha value is -2.40. The van der Waals surface area contributed by atoms with Gasteiger partial charge in [0.05, 0.1) is 23.6 Å². The number of ether oxygens (including phenoxy) is 1. The Morgan fingerprint density at radius 2 is 1.82 bits per heavy atom. The van der Waals surface area contributed by atoms with E-state index in [1.807, 2.05) is 24.3 Å². The van der Waals surface area contributed by atoms with Gasteiger partial charge < -0.3 is 4.74 Å². The first kappa shape index (κ1) is 20.3. The summed E-state index contributed by atoms with van der Waals surface area (Å²) in [5.41, 5.74) is 2.46. The van der Waals surface area contributed by atoms with Gasteiger partial charge in [-0.05, 0) is 61.3 Å². The zero-order valence-corrected chi connectivity index (χ0v) is 17.1. The summed E-state index contributed by atoms with van der Waals surface area (Å²) in [7, 11) is -1.96. The van der Waals surface area contributed by atoms with Gasteiger partial charge in [0.1, 0.15) is 5.75 Å². The topological polar surface area (TPSA) is 73.6 Å². The van der Waals surface area contributed by atoms with E-state index >= 15 is 0 Å². The molecular formula is C21H25N3O3S. The van der Waals surface area contributed by atoms with Gasteiger partial charge in [-0.15, -0.1) is 0 Å². The molecule has 0 aliphatic carbocycles. The molecule has 0 unspecified atom stereocenters. The summed E-state index contributed by atoms with van der Waals surface area (Å²) >= 11 is 0. The van der Waals surface area contributed by atoms with Crippen molar-refractivity contribution in [2.24, 2.45) is 0 Å². The first-order chi connectivity index (χ1) is 13.4. The second kappa shape index (κ2) is 8.74. The summed E-state index contributed by atoms with van der Waals surface area (Å²) in [5.74, 6) is 0.654. The normalized spacial score (nSPS) is 16.3. The van der Waals surface area contributed by atoms with Gasteiger partial charge in [0.25, 0.3) is 0 Å². The molecule has 2 aromatic carbocycles. The Morgan fingerprint density at radius 3 is 2.46 bits per heavy atom. The molecule has 148 valence electrons. The molecule has 0 radical (unpaired) electrons. The fourth-order valence-electron chi connectivity index (χ4n) is 3.47. The Balaban J connectivity index is 1.69. The number of nitrogens with zero attached hydrogens (tertiary/aromatic N) is 3. The Bertz CT molecular complexity index is 965. The van der Waals surface area contributed by atoms with Gasteiger partial charge in [0.15, 0.2) is 0 Å². The molecule has 0 amide bonds. The average molecular weight is 400 g/mol. The standard InChI is InChI=1S/C21H25N3O3S/c1-17-14-20(27-2)8-9-21(17)28(25,26)24-11-3-10-23(12-13-24)16-19-6-4-18(15-22)5-7-19/h4-9,14H,3,10-13,16H2,1-2H3. The lowest BCUT2D eigenvalue weighted by Gasteiger charge is -2.22. The molecule has 0 atom stereocenters. The molecule has 1 fully saturated rings. The van der Waals surface area contributed by atoms with Crippen LogP contribution in [0.5, 0.6) is 5.75 Å². The highest BCUT2D eigenvalue weighted by molar-refractivity contribution is 7.89. The molecule has 0 saturated carbocycles. The molecule has 2 aromatic rings. The van der Waals surface area contributed by atoms with Gasteiger partial charge in [-0.2, -0.15) is 9.57 Å². The van der Waals surface area contributed by atoms with Crippen LogP contribution in [0.2, 0.25) is 0 Å². The lowest BCUT2D eigenvalue weighted by Crippen LogP contribution is -2.35. The van der Waals surface area contributed by atoms with E-state index in [1.165, 1.54) is 0 Å². The summed E-state index contributed by atoms with van der Waals surface area (Å²) in [4.78, 5) is 2.60. The summed E-state index contributed by atoms with van der Waals surface area (Å²) in [6, 6.07) is 14.7. The Kier molecular flexibility index (Phi) is 6.35. The van der Waals surface area contributed by atoms with Gasteiger partial charge in [-0.25, -0.2) is 8.42 Å². The summed E-state index contributed by atoms with van der Waals surface area (Å²) in [6.07, 6.45) is 0.782. The van der Waals surface area contributed by atoms with E-state index in [4.69, 9.17) is 10.00 Å². The van der Waals surface area contributed by atoms with Gasteiger partial charge in [-0.3, -0.25) is 4.90 Å². The fraction of sp³-hybridized carbons (Fsp3) is 0.381. The van der Waals surface area contributed by atoms with Crippen LogP contribution in [-0.4, -0.2) is 50.9 Å². The predicted molar refractivity (Wildman–Crippen MR) is 108 cm³/mol. The van der Waals surface area contributed by atoms with E-state index in [-0.39, 0.29) is 0 Å². The molecule has 7 heteroatoms. The minimum atomic E-state index is -3.53. The van der Waals surface area contributed by atoms with Gasteiger partial charge in [0, 0.05) is 26.2 Å². The highest BCUT2D eigenvalue weighted by Crippen LogP contribution is 2.25. The van der Waals surface area contributed by atoms with Crippen LogP contribution < -0.4 is 4.74 Å². The number of benzene rings is 2. The molecule has 28 heavy (non-hydrogen) atoms. The maximum Gasteiger partial charge on any atom is 0.243 e. The van der Waals surface area contributed by atoms with Crippen LogP contribution in [0.3, 0.4) is 0 Å². The van der Waals surface area contributed by atoms with E-state index in [0.29, 0.717) is 41.4 Å². The molecule has 1 aliphatic rings. The van der Waals surface area contributed by atoms with Crippen LogP contribution >= 0.6 is 0 Å². The number of methoxy groups -OCH3 is 1. The van der Waals surface area contributed by atoms with Crippen molar-refractivity contribution in [2.75, 3.05) is 33.3 Å². The number of hydrogen-bond acceptors (Lipinski definition) is 5. The van der Waals surface area contributed by atoms with Crippen LogP contribution in [-0.2, 0) is 16.6 Å². The number of sulfonamides is 1. The van der Waals surface area contributed by atoms with Crippen molar-refractivity contribution in [3.8, 4) is 11.8 Å². The lowest BCUT2D eigenvalue weighted by atomic mass is 10.1. The van der Waals surface area contributed by atoms with Crippen LogP contribution in [0.15, 0.2) is 47.4 Å². The second-order valence-electron chi connectivity index (χ2n) is 6.97. The highest BCUT2D eigenvalue weighted by atomic mass is 32.2. The highest BCUT2D eigenvalue weighted by Gasteiger charge is 2.28. The molecule has 1 saturated heterocycles. The molecule has 0 bridgehead atoms. The minimum Gasteiger partial charge on any atom is -0.497 e. The van der Waals surface area contributed by atoms with Gasteiger partial charge >= 0.3 is 0 Å². The quantitative estimate of drug-likeness (QED) is 0.773. The first-order valence-corrected chi connectivity index (χ1v) is 10.7. The molecule has 0 N–H and O–H groups in total. The smallest absolute Gasteiger partial charge is 0.243 e. The maximum absolute atomic E-state index is 13.1. The van der Waals surface area contributed by atoms with Crippen LogP contribution in [0.4, 0.5) is 0 Å². The molecule has 6 nitrogen and oxygen atoms in total. The van der Waals surface area contributed by atoms with Gasteiger partial charge in [-0.1, -0.05) is 12.1 Å².